The molecule has 146 valence electrons. The average Bonchev–Trinajstić information content (AvgIpc) is 3.12. The first-order chi connectivity index (χ1) is 12.2. The largest absolute Gasteiger partial charge is 0.356 e. The number of likely N-dealkylation sites (tertiary alicyclic amines) is 1. The molecule has 1 amide bonds. The molecule has 5 nitrogen and oxygen atoms in total. The zero-order valence-corrected chi connectivity index (χ0v) is 18.4. The smallest absolute Gasteiger partial charge is 0.222 e. The van der Waals surface area contributed by atoms with Gasteiger partial charge < -0.3 is 15.5 Å². The predicted octanol–water partition coefficient (Wildman–Crippen LogP) is 3.19. The van der Waals surface area contributed by atoms with Crippen LogP contribution in [0.4, 0.5) is 0 Å². The quantitative estimate of drug-likeness (QED) is 0.265. The number of carbonyl (C=O) groups excluding carboxylic acids is 1. The van der Waals surface area contributed by atoms with Gasteiger partial charge in [-0.3, -0.25) is 9.79 Å². The van der Waals surface area contributed by atoms with Gasteiger partial charge in [-0.2, -0.15) is 0 Å². The Morgan fingerprint density at radius 3 is 2.69 bits per heavy atom. The molecule has 1 aromatic carbocycles. The molecule has 0 spiro atoms. The van der Waals surface area contributed by atoms with E-state index in [9.17, 15) is 4.79 Å². The van der Waals surface area contributed by atoms with Crippen molar-refractivity contribution in [3.05, 3.63) is 35.9 Å². The second-order valence-electron chi connectivity index (χ2n) is 6.62. The van der Waals surface area contributed by atoms with E-state index in [2.05, 4.69) is 46.0 Å². The molecule has 2 N–H and O–H groups in total. The Hall–Kier alpha value is -1.31. The van der Waals surface area contributed by atoms with Crippen molar-refractivity contribution in [1.82, 2.24) is 15.5 Å². The van der Waals surface area contributed by atoms with E-state index in [4.69, 9.17) is 0 Å². The predicted molar refractivity (Wildman–Crippen MR) is 119 cm³/mol. The number of aliphatic imine (C=N–C) groups is 1. The minimum absolute atomic E-state index is 0. The molecule has 2 rings (SSSR count). The van der Waals surface area contributed by atoms with Crippen LogP contribution in [0.25, 0.3) is 0 Å². The van der Waals surface area contributed by atoms with Gasteiger partial charge in [0.25, 0.3) is 0 Å². The lowest BCUT2D eigenvalue weighted by atomic mass is 10.1. The molecule has 0 aliphatic carbocycles. The molecule has 1 aliphatic heterocycles. The zero-order valence-electron chi connectivity index (χ0n) is 16.0. The lowest BCUT2D eigenvalue weighted by Gasteiger charge is -2.18. The van der Waals surface area contributed by atoms with Crippen LogP contribution in [0.1, 0.15) is 44.6 Å². The molecule has 0 saturated carbocycles. The first kappa shape index (κ1) is 22.7. The minimum Gasteiger partial charge on any atom is -0.356 e. The van der Waals surface area contributed by atoms with Crippen molar-refractivity contribution in [1.29, 1.82) is 0 Å². The first-order valence-electron chi connectivity index (χ1n) is 9.51. The minimum atomic E-state index is 0. The molecule has 6 heteroatoms. The van der Waals surface area contributed by atoms with Crippen molar-refractivity contribution in [3.63, 3.8) is 0 Å². The van der Waals surface area contributed by atoms with Gasteiger partial charge in [0.1, 0.15) is 0 Å². The van der Waals surface area contributed by atoms with Crippen LogP contribution in [0.2, 0.25) is 0 Å². The van der Waals surface area contributed by atoms with Gasteiger partial charge in [-0.25, -0.2) is 0 Å². The number of unbranched alkanes of at least 4 members (excludes halogenated alkanes) is 2. The highest BCUT2D eigenvalue weighted by Gasteiger charge is 2.25. The molecule has 0 bridgehead atoms. The number of nitrogens with zero attached hydrogens (tertiary/aromatic N) is 2. The Bertz CT molecular complexity index is 550. The summed E-state index contributed by atoms with van der Waals surface area (Å²) < 4.78 is 0. The monoisotopic (exact) mass is 472 g/mol. The van der Waals surface area contributed by atoms with Crippen molar-refractivity contribution in [2.45, 2.75) is 51.5 Å². The SMILES string of the molecule is CCC(=O)N1CCC(NC(=NC)NCCCCCc2ccccc2)C1.I. The standard InChI is InChI=1S/C20H32N4O.HI/c1-3-19(25)24-15-13-18(16-24)23-20(21-2)22-14-9-5-8-12-17-10-6-4-7-11-17;/h4,6-7,10-11,18H,3,5,8-9,12-16H2,1-2H3,(H2,21,22,23);1H. The molecule has 1 heterocycles. The summed E-state index contributed by atoms with van der Waals surface area (Å²) in [5.41, 5.74) is 1.42. The van der Waals surface area contributed by atoms with Crippen LogP contribution in [0, 0.1) is 0 Å². The van der Waals surface area contributed by atoms with Gasteiger partial charge in [0.15, 0.2) is 5.96 Å². The molecular weight excluding hydrogens is 439 g/mol. The molecule has 1 atom stereocenters. The normalized spacial score (nSPS) is 16.9. The van der Waals surface area contributed by atoms with Gasteiger partial charge in [-0.05, 0) is 31.2 Å². The molecule has 1 fully saturated rings. The van der Waals surface area contributed by atoms with Crippen LogP contribution < -0.4 is 10.6 Å². The fourth-order valence-corrected chi connectivity index (χ4v) is 3.20. The summed E-state index contributed by atoms with van der Waals surface area (Å²) in [6.07, 6.45) is 6.29. The number of aryl methyl sites for hydroxylation is 1. The molecule has 0 aromatic heterocycles. The van der Waals surface area contributed by atoms with E-state index < -0.39 is 0 Å². The maximum atomic E-state index is 11.7. The molecule has 1 unspecified atom stereocenters. The van der Waals surface area contributed by atoms with Crippen molar-refractivity contribution in [2.24, 2.45) is 4.99 Å². The number of nitrogens with one attached hydrogen (secondary N) is 2. The molecule has 1 aliphatic rings. The second kappa shape index (κ2) is 12.9. The molecule has 26 heavy (non-hydrogen) atoms. The van der Waals surface area contributed by atoms with Crippen molar-refractivity contribution >= 4 is 35.8 Å². The maximum Gasteiger partial charge on any atom is 0.222 e. The Balaban J connectivity index is 0.00000338. The summed E-state index contributed by atoms with van der Waals surface area (Å²) in [6.45, 7) is 4.48. The second-order valence-corrected chi connectivity index (χ2v) is 6.62. The van der Waals surface area contributed by atoms with Gasteiger partial charge >= 0.3 is 0 Å². The lowest BCUT2D eigenvalue weighted by Crippen LogP contribution is -2.45. The number of hydrogen-bond acceptors (Lipinski definition) is 2. The van der Waals surface area contributed by atoms with Crippen LogP contribution >= 0.6 is 24.0 Å². The maximum absolute atomic E-state index is 11.7. The van der Waals surface area contributed by atoms with Gasteiger partial charge in [-0.1, -0.05) is 43.7 Å². The average molecular weight is 472 g/mol. The highest BCUT2D eigenvalue weighted by Crippen LogP contribution is 2.10. The van der Waals surface area contributed by atoms with Crippen LogP contribution in [0.5, 0.6) is 0 Å². The van der Waals surface area contributed by atoms with Crippen LogP contribution in [0.15, 0.2) is 35.3 Å². The summed E-state index contributed by atoms with van der Waals surface area (Å²) >= 11 is 0. The fourth-order valence-electron chi connectivity index (χ4n) is 3.20. The number of halogens is 1. The number of amides is 1. The van der Waals surface area contributed by atoms with E-state index in [-0.39, 0.29) is 29.9 Å². The van der Waals surface area contributed by atoms with Gasteiger partial charge in [0.05, 0.1) is 0 Å². The summed E-state index contributed by atoms with van der Waals surface area (Å²) in [5.74, 6) is 1.09. The van der Waals surface area contributed by atoms with E-state index in [1.165, 1.54) is 18.4 Å². The Morgan fingerprint density at radius 1 is 1.23 bits per heavy atom. The number of carbonyl (C=O) groups is 1. The van der Waals surface area contributed by atoms with Crippen molar-refractivity contribution in [2.75, 3.05) is 26.7 Å². The van der Waals surface area contributed by atoms with E-state index in [0.29, 0.717) is 12.5 Å². The molecule has 1 saturated heterocycles. The molecule has 1 aromatic rings. The Labute approximate surface area is 175 Å². The van der Waals surface area contributed by atoms with Crippen LogP contribution in [-0.4, -0.2) is 49.5 Å². The van der Waals surface area contributed by atoms with Crippen LogP contribution in [0.3, 0.4) is 0 Å². The van der Waals surface area contributed by atoms with E-state index in [0.717, 1.165) is 44.9 Å². The fraction of sp³-hybridized carbons (Fsp3) is 0.600. The van der Waals surface area contributed by atoms with Gasteiger partial charge in [0, 0.05) is 39.1 Å². The topological polar surface area (TPSA) is 56.7 Å². The van der Waals surface area contributed by atoms with Crippen LogP contribution in [-0.2, 0) is 11.2 Å². The molecular formula is C20H33IN4O. The summed E-state index contributed by atoms with van der Waals surface area (Å²) in [7, 11) is 1.80. The third-order valence-corrected chi connectivity index (χ3v) is 4.69. The van der Waals surface area contributed by atoms with Crippen molar-refractivity contribution in [3.8, 4) is 0 Å². The van der Waals surface area contributed by atoms with Gasteiger partial charge in [0.2, 0.25) is 5.91 Å². The van der Waals surface area contributed by atoms with Crippen molar-refractivity contribution < 1.29 is 4.79 Å². The number of guanidine groups is 1. The van der Waals surface area contributed by atoms with Gasteiger partial charge in [-0.15, -0.1) is 24.0 Å². The van der Waals surface area contributed by atoms with E-state index in [1.54, 1.807) is 7.05 Å². The highest BCUT2D eigenvalue weighted by atomic mass is 127. The van der Waals surface area contributed by atoms with E-state index in [1.807, 2.05) is 11.8 Å². The lowest BCUT2D eigenvalue weighted by molar-refractivity contribution is -0.129. The number of benzene rings is 1. The number of rotatable bonds is 8. The van der Waals surface area contributed by atoms with E-state index >= 15 is 0 Å². The number of hydrogen-bond donors (Lipinski definition) is 2. The Kier molecular flexibility index (Phi) is 11.3. The first-order valence-corrected chi connectivity index (χ1v) is 9.51. The Morgan fingerprint density at radius 2 is 2.00 bits per heavy atom. The third kappa shape index (κ3) is 7.93. The summed E-state index contributed by atoms with van der Waals surface area (Å²) in [5, 5.41) is 6.82. The zero-order chi connectivity index (χ0) is 17.9. The third-order valence-electron chi connectivity index (χ3n) is 4.69. The highest BCUT2D eigenvalue weighted by molar-refractivity contribution is 14.0. The summed E-state index contributed by atoms with van der Waals surface area (Å²) in [4.78, 5) is 18.0. The molecule has 0 radical (unpaired) electrons. The summed E-state index contributed by atoms with van der Waals surface area (Å²) in [6, 6.07) is 11.0.